The number of aromatic nitrogens is 3. The van der Waals surface area contributed by atoms with Gasteiger partial charge in [-0.1, -0.05) is 0 Å². The number of aromatic amines is 1. The Bertz CT molecular complexity index is 704. The second kappa shape index (κ2) is 4.35. The molecule has 0 atom stereocenters. The molecule has 17 heavy (non-hydrogen) atoms. The van der Waals surface area contributed by atoms with Gasteiger partial charge in [-0.2, -0.15) is 5.26 Å². The summed E-state index contributed by atoms with van der Waals surface area (Å²) in [7, 11) is 0. The van der Waals surface area contributed by atoms with Crippen LogP contribution in [0.25, 0.3) is 0 Å². The van der Waals surface area contributed by atoms with Gasteiger partial charge in [-0.05, 0) is 6.92 Å². The Hall–Kier alpha value is -2.20. The molecule has 6 nitrogen and oxygen atoms in total. The van der Waals surface area contributed by atoms with E-state index in [1.54, 1.807) is 11.6 Å². The lowest BCUT2D eigenvalue weighted by molar-refractivity contribution is 0.721. The van der Waals surface area contributed by atoms with Crippen LogP contribution in [-0.2, 0) is 6.54 Å². The third-order valence-electron chi connectivity index (χ3n) is 2.29. The van der Waals surface area contributed by atoms with Crippen LogP contribution in [0.3, 0.4) is 0 Å². The van der Waals surface area contributed by atoms with Crippen molar-refractivity contribution in [3.63, 3.8) is 0 Å². The lowest BCUT2D eigenvalue weighted by atomic mass is 10.3. The van der Waals surface area contributed by atoms with Crippen molar-refractivity contribution in [2.75, 3.05) is 0 Å². The molecule has 0 radical (unpaired) electrons. The number of hydrogen-bond acceptors (Lipinski definition) is 5. The molecule has 0 saturated carbocycles. The first-order valence-electron chi connectivity index (χ1n) is 4.74. The third-order valence-corrected chi connectivity index (χ3v) is 3.21. The number of rotatable bonds is 2. The second-order valence-corrected chi connectivity index (χ2v) is 4.34. The summed E-state index contributed by atoms with van der Waals surface area (Å²) >= 11 is 1.42. The zero-order valence-electron chi connectivity index (χ0n) is 8.93. The first kappa shape index (κ1) is 11.3. The van der Waals surface area contributed by atoms with Crippen molar-refractivity contribution in [3.05, 3.63) is 48.7 Å². The number of hydrogen-bond donors (Lipinski definition) is 1. The van der Waals surface area contributed by atoms with Crippen LogP contribution in [0.5, 0.6) is 0 Å². The van der Waals surface area contributed by atoms with Crippen LogP contribution >= 0.6 is 11.3 Å². The zero-order chi connectivity index (χ0) is 12.4. The van der Waals surface area contributed by atoms with Crippen LogP contribution < -0.4 is 11.2 Å². The van der Waals surface area contributed by atoms with Crippen molar-refractivity contribution >= 4 is 11.3 Å². The highest BCUT2D eigenvalue weighted by Gasteiger charge is 2.07. The normalized spacial score (nSPS) is 10.1. The SMILES string of the molecule is Cc1ncsc1Cn1cc(C#N)c(=O)[nH]c1=O. The van der Waals surface area contributed by atoms with Crippen molar-refractivity contribution in [1.29, 1.82) is 5.26 Å². The summed E-state index contributed by atoms with van der Waals surface area (Å²) in [6, 6.07) is 1.74. The number of aryl methyl sites for hydroxylation is 1. The van der Waals surface area contributed by atoms with Gasteiger partial charge in [0, 0.05) is 11.1 Å². The molecule has 1 N–H and O–H groups in total. The fraction of sp³-hybridized carbons (Fsp3) is 0.200. The molecule has 0 spiro atoms. The molecular formula is C10H8N4O2S. The zero-order valence-corrected chi connectivity index (χ0v) is 9.74. The molecule has 0 fully saturated rings. The maximum Gasteiger partial charge on any atom is 0.328 e. The van der Waals surface area contributed by atoms with Crippen LogP contribution in [-0.4, -0.2) is 14.5 Å². The summed E-state index contributed by atoms with van der Waals surface area (Å²) in [5.41, 5.74) is 1.27. The Kier molecular flexibility index (Phi) is 2.89. The molecule has 0 aliphatic rings. The summed E-state index contributed by atoms with van der Waals surface area (Å²) in [5, 5.41) is 8.72. The van der Waals surface area contributed by atoms with Crippen molar-refractivity contribution in [2.45, 2.75) is 13.5 Å². The molecular weight excluding hydrogens is 240 g/mol. The van der Waals surface area contributed by atoms with E-state index >= 15 is 0 Å². The molecule has 0 aliphatic carbocycles. The maximum absolute atomic E-state index is 11.5. The van der Waals surface area contributed by atoms with E-state index in [-0.39, 0.29) is 5.56 Å². The lowest BCUT2D eigenvalue weighted by Crippen LogP contribution is -2.31. The molecule has 0 unspecified atom stereocenters. The number of nitrogens with zero attached hydrogens (tertiary/aromatic N) is 3. The van der Waals surface area contributed by atoms with Gasteiger partial charge in [-0.25, -0.2) is 9.78 Å². The number of nitriles is 1. The predicted octanol–water partition coefficient (Wildman–Crippen LogP) is 0.221. The van der Waals surface area contributed by atoms with E-state index in [4.69, 9.17) is 5.26 Å². The molecule has 2 rings (SSSR count). The van der Waals surface area contributed by atoms with Gasteiger partial charge in [0.15, 0.2) is 0 Å². The molecule has 2 aromatic rings. The standard InChI is InChI=1S/C10H8N4O2S/c1-6-8(17-5-12-6)4-14-3-7(2-11)9(15)13-10(14)16/h3,5H,4H2,1H3,(H,13,15,16). The Morgan fingerprint density at radius 2 is 2.35 bits per heavy atom. The Labute approximate surface area is 99.8 Å². The first-order chi connectivity index (χ1) is 8.11. The van der Waals surface area contributed by atoms with Gasteiger partial charge in [-0.3, -0.25) is 14.3 Å². The minimum Gasteiger partial charge on any atom is -0.294 e. The highest BCUT2D eigenvalue weighted by molar-refractivity contribution is 7.09. The molecule has 0 amide bonds. The lowest BCUT2D eigenvalue weighted by Gasteiger charge is -2.03. The van der Waals surface area contributed by atoms with Gasteiger partial charge in [0.05, 0.1) is 17.7 Å². The second-order valence-electron chi connectivity index (χ2n) is 3.40. The smallest absolute Gasteiger partial charge is 0.294 e. The number of nitrogens with one attached hydrogen (secondary N) is 1. The molecule has 0 aliphatic heterocycles. The van der Waals surface area contributed by atoms with E-state index in [1.165, 1.54) is 22.1 Å². The van der Waals surface area contributed by atoms with Crippen LogP contribution in [0, 0.1) is 18.3 Å². The van der Waals surface area contributed by atoms with Crippen LogP contribution in [0.1, 0.15) is 16.1 Å². The highest BCUT2D eigenvalue weighted by Crippen LogP contribution is 2.12. The summed E-state index contributed by atoms with van der Waals surface area (Å²) in [4.78, 5) is 29.8. The Morgan fingerprint density at radius 1 is 1.59 bits per heavy atom. The van der Waals surface area contributed by atoms with E-state index in [0.717, 1.165) is 10.6 Å². The predicted molar refractivity (Wildman–Crippen MR) is 62.0 cm³/mol. The summed E-state index contributed by atoms with van der Waals surface area (Å²) in [5.74, 6) is 0. The van der Waals surface area contributed by atoms with Crippen molar-refractivity contribution in [1.82, 2.24) is 14.5 Å². The molecule has 86 valence electrons. The summed E-state index contributed by atoms with van der Waals surface area (Å²) in [6.45, 7) is 2.15. The molecule has 0 bridgehead atoms. The van der Waals surface area contributed by atoms with Gasteiger partial charge < -0.3 is 0 Å². The van der Waals surface area contributed by atoms with Crippen molar-refractivity contribution in [2.24, 2.45) is 0 Å². The van der Waals surface area contributed by atoms with Crippen LogP contribution in [0.15, 0.2) is 21.3 Å². The van der Waals surface area contributed by atoms with Crippen molar-refractivity contribution in [3.8, 4) is 6.07 Å². The van der Waals surface area contributed by atoms with Gasteiger partial charge in [-0.15, -0.1) is 11.3 Å². The topological polar surface area (TPSA) is 91.5 Å². The van der Waals surface area contributed by atoms with Gasteiger partial charge in [0.1, 0.15) is 11.6 Å². The minimum atomic E-state index is -0.658. The first-order valence-corrected chi connectivity index (χ1v) is 5.62. The Morgan fingerprint density at radius 3 is 2.94 bits per heavy atom. The highest BCUT2D eigenvalue weighted by atomic mass is 32.1. The molecule has 0 saturated heterocycles. The van der Waals surface area contributed by atoms with E-state index < -0.39 is 11.2 Å². The Balaban J connectivity index is 2.48. The summed E-state index contributed by atoms with van der Waals surface area (Å²) < 4.78 is 1.29. The third kappa shape index (κ3) is 2.16. The summed E-state index contributed by atoms with van der Waals surface area (Å²) in [6.07, 6.45) is 1.26. The largest absolute Gasteiger partial charge is 0.328 e. The quantitative estimate of drug-likeness (QED) is 0.823. The molecule has 2 aromatic heterocycles. The van der Waals surface area contributed by atoms with Gasteiger partial charge in [0.25, 0.3) is 5.56 Å². The number of thiazole rings is 1. The fourth-order valence-corrected chi connectivity index (χ4v) is 2.11. The minimum absolute atomic E-state index is 0.0771. The van der Waals surface area contributed by atoms with E-state index in [1.807, 2.05) is 6.92 Å². The van der Waals surface area contributed by atoms with E-state index in [9.17, 15) is 9.59 Å². The van der Waals surface area contributed by atoms with Crippen molar-refractivity contribution < 1.29 is 0 Å². The monoisotopic (exact) mass is 248 g/mol. The van der Waals surface area contributed by atoms with E-state index in [0.29, 0.717) is 6.54 Å². The fourth-order valence-electron chi connectivity index (χ4n) is 1.34. The van der Waals surface area contributed by atoms with E-state index in [2.05, 4.69) is 9.97 Å². The van der Waals surface area contributed by atoms with Gasteiger partial charge in [0.2, 0.25) is 0 Å². The molecule has 2 heterocycles. The average molecular weight is 248 g/mol. The van der Waals surface area contributed by atoms with Crippen LogP contribution in [0.2, 0.25) is 0 Å². The molecule has 7 heteroatoms. The maximum atomic E-state index is 11.5. The number of H-pyrrole nitrogens is 1. The van der Waals surface area contributed by atoms with Gasteiger partial charge >= 0.3 is 5.69 Å². The average Bonchev–Trinajstić information content (AvgIpc) is 2.68. The molecule has 0 aromatic carbocycles. The van der Waals surface area contributed by atoms with Crippen LogP contribution in [0.4, 0.5) is 0 Å².